The van der Waals surface area contributed by atoms with Gasteiger partial charge in [-0.05, 0) is 39.2 Å². The summed E-state index contributed by atoms with van der Waals surface area (Å²) in [6.07, 6.45) is 2.48. The minimum atomic E-state index is 0.198. The summed E-state index contributed by atoms with van der Waals surface area (Å²) in [6.45, 7) is 15.5. The van der Waals surface area contributed by atoms with Gasteiger partial charge in [0.15, 0.2) is 0 Å². The highest BCUT2D eigenvalue weighted by Gasteiger charge is 2.35. The molecular weight excluding hydrogens is 224 g/mol. The van der Waals surface area contributed by atoms with Crippen molar-refractivity contribution in [2.24, 2.45) is 5.41 Å². The molecule has 0 aliphatic carbocycles. The summed E-state index contributed by atoms with van der Waals surface area (Å²) in [6, 6.07) is 0.537. The number of rotatable bonds is 5. The van der Waals surface area contributed by atoms with Crippen LogP contribution >= 0.6 is 0 Å². The number of hydrogen-bond acceptors (Lipinski definition) is 3. The Bertz CT molecular complexity index is 239. The van der Waals surface area contributed by atoms with Gasteiger partial charge in [-0.1, -0.05) is 20.8 Å². The molecule has 0 aromatic carbocycles. The molecule has 0 radical (unpaired) electrons. The fourth-order valence-electron chi connectivity index (χ4n) is 2.79. The Labute approximate surface area is 113 Å². The zero-order valence-electron chi connectivity index (χ0n) is 13.2. The molecule has 1 saturated heterocycles. The van der Waals surface area contributed by atoms with Crippen LogP contribution in [-0.4, -0.2) is 49.8 Å². The highest BCUT2D eigenvalue weighted by molar-refractivity contribution is 4.94. The first kappa shape index (κ1) is 15.9. The molecule has 0 saturated carbocycles. The second-order valence-electron chi connectivity index (χ2n) is 7.19. The summed E-state index contributed by atoms with van der Waals surface area (Å²) in [5, 5.41) is 3.53. The van der Waals surface area contributed by atoms with E-state index in [1.807, 2.05) is 0 Å². The van der Waals surface area contributed by atoms with Crippen LogP contribution in [0.2, 0.25) is 0 Å². The van der Waals surface area contributed by atoms with E-state index in [9.17, 15) is 0 Å². The van der Waals surface area contributed by atoms with Gasteiger partial charge in [-0.3, -0.25) is 4.90 Å². The van der Waals surface area contributed by atoms with Crippen molar-refractivity contribution in [1.82, 2.24) is 10.2 Å². The van der Waals surface area contributed by atoms with Crippen LogP contribution in [0.15, 0.2) is 0 Å². The second kappa shape index (κ2) is 6.36. The molecule has 1 heterocycles. The molecule has 1 rings (SSSR count). The van der Waals surface area contributed by atoms with E-state index in [0.717, 1.165) is 26.3 Å². The van der Waals surface area contributed by atoms with Crippen molar-refractivity contribution in [3.63, 3.8) is 0 Å². The maximum Gasteiger partial charge on any atom is 0.0594 e. The number of nitrogens with zero attached hydrogens (tertiary/aromatic N) is 1. The first-order chi connectivity index (χ1) is 8.27. The Morgan fingerprint density at radius 1 is 1.11 bits per heavy atom. The molecule has 0 amide bonds. The van der Waals surface area contributed by atoms with Crippen LogP contribution in [-0.2, 0) is 4.74 Å². The Balaban J connectivity index is 2.60. The molecule has 0 bridgehead atoms. The largest absolute Gasteiger partial charge is 0.379 e. The third kappa shape index (κ3) is 4.52. The van der Waals surface area contributed by atoms with Crippen molar-refractivity contribution in [3.8, 4) is 0 Å². The molecule has 0 aromatic rings. The van der Waals surface area contributed by atoms with Gasteiger partial charge in [-0.15, -0.1) is 0 Å². The van der Waals surface area contributed by atoms with Crippen LogP contribution in [0.1, 0.15) is 47.5 Å². The number of ether oxygens (including phenoxy) is 1. The van der Waals surface area contributed by atoms with Crippen molar-refractivity contribution in [2.75, 3.05) is 33.4 Å². The lowest BCUT2D eigenvalue weighted by atomic mass is 9.82. The average molecular weight is 256 g/mol. The number of morpholine rings is 1. The predicted molar refractivity (Wildman–Crippen MR) is 78.0 cm³/mol. The first-order valence-corrected chi connectivity index (χ1v) is 7.27. The molecule has 1 aliphatic rings. The molecule has 1 fully saturated rings. The van der Waals surface area contributed by atoms with Crippen molar-refractivity contribution >= 4 is 0 Å². The van der Waals surface area contributed by atoms with E-state index in [4.69, 9.17) is 4.74 Å². The Kier molecular flexibility index (Phi) is 5.63. The van der Waals surface area contributed by atoms with Gasteiger partial charge in [0.25, 0.3) is 0 Å². The monoisotopic (exact) mass is 256 g/mol. The van der Waals surface area contributed by atoms with Crippen LogP contribution in [0.25, 0.3) is 0 Å². The Morgan fingerprint density at radius 2 is 1.67 bits per heavy atom. The van der Waals surface area contributed by atoms with Crippen LogP contribution in [0.5, 0.6) is 0 Å². The highest BCUT2D eigenvalue weighted by Crippen LogP contribution is 2.28. The molecule has 3 nitrogen and oxygen atoms in total. The zero-order valence-corrected chi connectivity index (χ0v) is 13.2. The van der Waals surface area contributed by atoms with E-state index in [1.165, 1.54) is 12.8 Å². The third-order valence-electron chi connectivity index (χ3n) is 4.21. The maximum atomic E-state index is 5.46. The lowest BCUT2D eigenvalue weighted by Gasteiger charge is -2.46. The second-order valence-corrected chi connectivity index (χ2v) is 7.19. The summed E-state index contributed by atoms with van der Waals surface area (Å²) in [7, 11) is 2.09. The van der Waals surface area contributed by atoms with Crippen molar-refractivity contribution in [1.29, 1.82) is 0 Å². The molecule has 1 unspecified atom stereocenters. The summed E-state index contributed by atoms with van der Waals surface area (Å²) in [5.74, 6) is 0. The van der Waals surface area contributed by atoms with E-state index < -0.39 is 0 Å². The van der Waals surface area contributed by atoms with Crippen molar-refractivity contribution in [2.45, 2.75) is 59.0 Å². The Hall–Kier alpha value is -0.120. The minimum absolute atomic E-state index is 0.198. The first-order valence-electron chi connectivity index (χ1n) is 7.27. The van der Waals surface area contributed by atoms with Crippen LogP contribution in [0, 0.1) is 5.41 Å². The zero-order chi connectivity index (χ0) is 13.8. The van der Waals surface area contributed by atoms with Crippen LogP contribution < -0.4 is 5.32 Å². The summed E-state index contributed by atoms with van der Waals surface area (Å²) >= 11 is 0. The lowest BCUT2D eigenvalue weighted by Crippen LogP contribution is -2.59. The molecule has 1 N–H and O–H groups in total. The van der Waals surface area contributed by atoms with E-state index in [-0.39, 0.29) is 5.54 Å². The van der Waals surface area contributed by atoms with Gasteiger partial charge in [0.2, 0.25) is 0 Å². The quantitative estimate of drug-likeness (QED) is 0.818. The molecule has 1 aliphatic heterocycles. The molecule has 0 spiro atoms. The standard InChI is InChI=1S/C15H32N2O/c1-14(2,3)8-7-13(16-6)15(4,5)17-9-11-18-12-10-17/h13,16H,7-12H2,1-6H3. The van der Waals surface area contributed by atoms with Gasteiger partial charge in [0, 0.05) is 24.7 Å². The molecule has 1 atom stereocenters. The van der Waals surface area contributed by atoms with Gasteiger partial charge < -0.3 is 10.1 Å². The van der Waals surface area contributed by atoms with Gasteiger partial charge in [0.05, 0.1) is 13.2 Å². The molecular formula is C15H32N2O. The fraction of sp³-hybridized carbons (Fsp3) is 1.00. The summed E-state index contributed by atoms with van der Waals surface area (Å²) in [5.41, 5.74) is 0.611. The molecule has 0 aromatic heterocycles. The molecule has 108 valence electrons. The van der Waals surface area contributed by atoms with E-state index >= 15 is 0 Å². The fourth-order valence-corrected chi connectivity index (χ4v) is 2.79. The van der Waals surface area contributed by atoms with E-state index in [0.29, 0.717) is 11.5 Å². The maximum absolute atomic E-state index is 5.46. The number of likely N-dealkylation sites (N-methyl/N-ethyl adjacent to an activating group) is 1. The van der Waals surface area contributed by atoms with Crippen LogP contribution in [0.3, 0.4) is 0 Å². The van der Waals surface area contributed by atoms with Gasteiger partial charge in [-0.2, -0.15) is 0 Å². The lowest BCUT2D eigenvalue weighted by molar-refractivity contribution is -0.0245. The summed E-state index contributed by atoms with van der Waals surface area (Å²) < 4.78 is 5.46. The number of hydrogen-bond donors (Lipinski definition) is 1. The summed E-state index contributed by atoms with van der Waals surface area (Å²) in [4.78, 5) is 2.57. The Morgan fingerprint density at radius 3 is 2.11 bits per heavy atom. The van der Waals surface area contributed by atoms with Gasteiger partial charge in [-0.25, -0.2) is 0 Å². The van der Waals surface area contributed by atoms with Gasteiger partial charge in [0.1, 0.15) is 0 Å². The average Bonchev–Trinajstić information content (AvgIpc) is 2.29. The minimum Gasteiger partial charge on any atom is -0.379 e. The SMILES string of the molecule is CNC(CCC(C)(C)C)C(C)(C)N1CCOCC1. The normalized spacial score (nSPS) is 21.0. The van der Waals surface area contributed by atoms with Gasteiger partial charge >= 0.3 is 0 Å². The van der Waals surface area contributed by atoms with E-state index in [1.54, 1.807) is 0 Å². The molecule has 18 heavy (non-hydrogen) atoms. The predicted octanol–water partition coefficient (Wildman–Crippen LogP) is 2.51. The van der Waals surface area contributed by atoms with Crippen molar-refractivity contribution in [3.05, 3.63) is 0 Å². The third-order valence-corrected chi connectivity index (χ3v) is 4.21. The van der Waals surface area contributed by atoms with E-state index in [2.05, 4.69) is 51.9 Å². The number of nitrogens with one attached hydrogen (secondary N) is 1. The smallest absolute Gasteiger partial charge is 0.0594 e. The highest BCUT2D eigenvalue weighted by atomic mass is 16.5. The van der Waals surface area contributed by atoms with Crippen molar-refractivity contribution < 1.29 is 4.74 Å². The molecule has 3 heteroatoms. The topological polar surface area (TPSA) is 24.5 Å². The van der Waals surface area contributed by atoms with Crippen LogP contribution in [0.4, 0.5) is 0 Å².